The molecule has 4 rings (SSSR count). The summed E-state index contributed by atoms with van der Waals surface area (Å²) >= 11 is 5.96. The predicted molar refractivity (Wildman–Crippen MR) is 103 cm³/mol. The average molecular weight is 377 g/mol. The molecule has 0 radical (unpaired) electrons. The average Bonchev–Trinajstić information content (AvgIpc) is 2.95. The molecule has 3 saturated heterocycles. The Morgan fingerprint density at radius 2 is 1.92 bits per heavy atom. The Hall–Kier alpha value is -1.10. The van der Waals surface area contributed by atoms with Gasteiger partial charge in [-0.15, -0.1) is 0 Å². The van der Waals surface area contributed by atoms with Crippen LogP contribution in [0.15, 0.2) is 24.3 Å². The zero-order chi connectivity index (χ0) is 18.0. The lowest BCUT2D eigenvalue weighted by Gasteiger charge is -2.40. The molecule has 0 saturated carbocycles. The second-order valence-electron chi connectivity index (χ2n) is 8.34. The number of carbonyl (C=O) groups excluding carboxylic acids is 1. The van der Waals surface area contributed by atoms with Crippen molar-refractivity contribution in [2.24, 2.45) is 5.41 Å². The van der Waals surface area contributed by atoms with E-state index in [2.05, 4.69) is 4.90 Å². The number of halogens is 1. The maximum absolute atomic E-state index is 12.6. The van der Waals surface area contributed by atoms with E-state index in [1.165, 1.54) is 19.3 Å². The number of nitrogens with zero attached hydrogens (tertiary/aromatic N) is 2. The first-order valence-corrected chi connectivity index (χ1v) is 10.4. The van der Waals surface area contributed by atoms with Crippen LogP contribution in [0.4, 0.5) is 0 Å². The molecule has 1 unspecified atom stereocenters. The molecule has 1 spiro atoms. The van der Waals surface area contributed by atoms with Crippen LogP contribution in [0.5, 0.6) is 0 Å². The van der Waals surface area contributed by atoms with Crippen LogP contribution in [-0.2, 0) is 16.1 Å². The van der Waals surface area contributed by atoms with Crippen molar-refractivity contribution in [1.82, 2.24) is 9.80 Å². The number of hydrogen-bond donors (Lipinski definition) is 0. The zero-order valence-electron chi connectivity index (χ0n) is 15.5. The summed E-state index contributed by atoms with van der Waals surface area (Å²) in [4.78, 5) is 17.2. The third-order valence-electron chi connectivity index (χ3n) is 6.34. The number of benzene rings is 1. The van der Waals surface area contributed by atoms with Crippen molar-refractivity contribution in [3.05, 3.63) is 34.9 Å². The summed E-state index contributed by atoms with van der Waals surface area (Å²) < 4.78 is 5.89. The highest BCUT2D eigenvalue weighted by Gasteiger charge is 2.44. The Morgan fingerprint density at radius 3 is 2.62 bits per heavy atom. The lowest BCUT2D eigenvalue weighted by atomic mass is 9.77. The SMILES string of the molecule is O=C1CC2(CCN(CC3CCCCO3)CC2)CN1Cc1ccc(Cl)cc1. The molecule has 142 valence electrons. The molecule has 3 heterocycles. The molecule has 3 aliphatic rings. The number of likely N-dealkylation sites (tertiary alicyclic amines) is 2. The van der Waals surface area contributed by atoms with Crippen LogP contribution in [0, 0.1) is 5.41 Å². The molecular formula is C21H29ClN2O2. The first-order chi connectivity index (χ1) is 12.6. The van der Waals surface area contributed by atoms with Gasteiger partial charge in [0, 0.05) is 37.7 Å². The lowest BCUT2D eigenvalue weighted by Crippen LogP contribution is -2.45. The van der Waals surface area contributed by atoms with Crippen LogP contribution in [0.1, 0.15) is 44.1 Å². The van der Waals surface area contributed by atoms with Gasteiger partial charge >= 0.3 is 0 Å². The molecule has 0 bridgehead atoms. The molecule has 0 aromatic heterocycles. The van der Waals surface area contributed by atoms with Gasteiger partial charge in [-0.1, -0.05) is 23.7 Å². The van der Waals surface area contributed by atoms with Gasteiger partial charge in [-0.3, -0.25) is 4.79 Å². The van der Waals surface area contributed by atoms with Crippen LogP contribution in [-0.4, -0.2) is 54.6 Å². The van der Waals surface area contributed by atoms with E-state index in [1.54, 1.807) is 0 Å². The molecule has 5 heteroatoms. The number of rotatable bonds is 4. The van der Waals surface area contributed by atoms with Gasteiger partial charge in [0.1, 0.15) is 0 Å². The first kappa shape index (κ1) is 18.3. The molecule has 4 nitrogen and oxygen atoms in total. The highest BCUT2D eigenvalue weighted by Crippen LogP contribution is 2.41. The van der Waals surface area contributed by atoms with Gasteiger partial charge < -0.3 is 14.5 Å². The Labute approximate surface area is 161 Å². The summed E-state index contributed by atoms with van der Waals surface area (Å²) in [6, 6.07) is 7.85. The van der Waals surface area contributed by atoms with Crippen LogP contribution in [0.3, 0.4) is 0 Å². The zero-order valence-corrected chi connectivity index (χ0v) is 16.2. The van der Waals surface area contributed by atoms with Crippen molar-refractivity contribution in [3.63, 3.8) is 0 Å². The second kappa shape index (κ2) is 7.87. The predicted octanol–water partition coefficient (Wildman–Crippen LogP) is 3.72. The van der Waals surface area contributed by atoms with Gasteiger partial charge in [0.25, 0.3) is 0 Å². The fourth-order valence-corrected chi connectivity index (χ4v) is 4.85. The van der Waals surface area contributed by atoms with E-state index in [0.29, 0.717) is 25.0 Å². The summed E-state index contributed by atoms with van der Waals surface area (Å²) in [5.41, 5.74) is 1.35. The smallest absolute Gasteiger partial charge is 0.223 e. The summed E-state index contributed by atoms with van der Waals surface area (Å²) in [7, 11) is 0. The molecule has 3 aliphatic heterocycles. The van der Waals surface area contributed by atoms with E-state index in [9.17, 15) is 4.79 Å². The quantitative estimate of drug-likeness (QED) is 0.802. The van der Waals surface area contributed by atoms with Crippen LogP contribution in [0.25, 0.3) is 0 Å². The number of ether oxygens (including phenoxy) is 1. The summed E-state index contributed by atoms with van der Waals surface area (Å²) in [6.07, 6.45) is 7.11. The van der Waals surface area contributed by atoms with Gasteiger partial charge in [0.05, 0.1) is 6.10 Å². The van der Waals surface area contributed by atoms with Crippen LogP contribution >= 0.6 is 11.6 Å². The molecule has 0 N–H and O–H groups in total. The second-order valence-corrected chi connectivity index (χ2v) is 8.78. The molecule has 3 fully saturated rings. The maximum Gasteiger partial charge on any atom is 0.223 e. The minimum atomic E-state index is 0.188. The van der Waals surface area contributed by atoms with Crippen molar-refractivity contribution in [2.75, 3.05) is 32.8 Å². The van der Waals surface area contributed by atoms with E-state index in [-0.39, 0.29) is 5.41 Å². The summed E-state index contributed by atoms with van der Waals surface area (Å²) in [6.45, 7) is 5.80. The van der Waals surface area contributed by atoms with E-state index >= 15 is 0 Å². The van der Waals surface area contributed by atoms with Crippen molar-refractivity contribution >= 4 is 17.5 Å². The summed E-state index contributed by atoms with van der Waals surface area (Å²) in [5, 5.41) is 0.743. The van der Waals surface area contributed by atoms with Gasteiger partial charge in [-0.05, 0) is 68.3 Å². The van der Waals surface area contributed by atoms with Crippen molar-refractivity contribution in [2.45, 2.75) is 51.2 Å². The maximum atomic E-state index is 12.6. The van der Waals surface area contributed by atoms with Gasteiger partial charge in [0.15, 0.2) is 0 Å². The third kappa shape index (κ3) is 4.24. The van der Waals surface area contributed by atoms with E-state index < -0.39 is 0 Å². The fourth-order valence-electron chi connectivity index (χ4n) is 4.72. The highest BCUT2D eigenvalue weighted by molar-refractivity contribution is 6.30. The standard InChI is InChI=1S/C21H29ClN2O2/c22-18-6-4-17(5-7-18)14-24-16-21(13-20(24)25)8-10-23(11-9-21)15-19-3-1-2-12-26-19/h4-7,19H,1-3,8-16H2. The summed E-state index contributed by atoms with van der Waals surface area (Å²) in [5.74, 6) is 0.309. The lowest BCUT2D eigenvalue weighted by molar-refractivity contribution is -0.128. The van der Waals surface area contributed by atoms with Gasteiger partial charge in [-0.2, -0.15) is 0 Å². The monoisotopic (exact) mass is 376 g/mol. The van der Waals surface area contributed by atoms with Gasteiger partial charge in [-0.25, -0.2) is 0 Å². The molecule has 1 aromatic rings. The van der Waals surface area contributed by atoms with E-state index in [4.69, 9.17) is 16.3 Å². The first-order valence-electron chi connectivity index (χ1n) is 9.98. The minimum absolute atomic E-state index is 0.188. The fraction of sp³-hybridized carbons (Fsp3) is 0.667. The minimum Gasteiger partial charge on any atom is -0.377 e. The number of amides is 1. The third-order valence-corrected chi connectivity index (χ3v) is 6.60. The molecule has 1 atom stereocenters. The largest absolute Gasteiger partial charge is 0.377 e. The molecule has 1 amide bonds. The van der Waals surface area contributed by atoms with Crippen molar-refractivity contribution < 1.29 is 9.53 Å². The molecular weight excluding hydrogens is 348 g/mol. The Kier molecular flexibility index (Phi) is 5.53. The Bertz CT molecular complexity index is 619. The molecule has 0 aliphatic carbocycles. The van der Waals surface area contributed by atoms with E-state index in [0.717, 1.165) is 56.2 Å². The highest BCUT2D eigenvalue weighted by atomic mass is 35.5. The van der Waals surface area contributed by atoms with Crippen molar-refractivity contribution in [3.8, 4) is 0 Å². The van der Waals surface area contributed by atoms with Crippen molar-refractivity contribution in [1.29, 1.82) is 0 Å². The topological polar surface area (TPSA) is 32.8 Å². The van der Waals surface area contributed by atoms with E-state index in [1.807, 2.05) is 29.2 Å². The molecule has 26 heavy (non-hydrogen) atoms. The van der Waals surface area contributed by atoms with Crippen LogP contribution < -0.4 is 0 Å². The number of carbonyl (C=O) groups is 1. The molecule has 1 aromatic carbocycles. The number of piperidine rings is 1. The number of hydrogen-bond acceptors (Lipinski definition) is 3. The normalized spacial score (nSPS) is 26.6. The Balaban J connectivity index is 1.30. The Morgan fingerprint density at radius 1 is 1.15 bits per heavy atom. The van der Waals surface area contributed by atoms with Gasteiger partial charge in [0.2, 0.25) is 5.91 Å². The van der Waals surface area contributed by atoms with Crippen LogP contribution in [0.2, 0.25) is 5.02 Å².